The van der Waals surface area contributed by atoms with E-state index in [1.165, 1.54) is 0 Å². The molecule has 0 saturated heterocycles. The molecule has 0 radical (unpaired) electrons. The van der Waals surface area contributed by atoms with E-state index in [1.807, 2.05) is 43.3 Å². The number of aromatic nitrogens is 1. The van der Waals surface area contributed by atoms with Crippen molar-refractivity contribution in [3.63, 3.8) is 0 Å². The molecule has 5 heteroatoms. The Kier molecular flexibility index (Phi) is 4.26. The summed E-state index contributed by atoms with van der Waals surface area (Å²) in [6.45, 7) is 2.31. The average Bonchev–Trinajstić information content (AvgIpc) is 2.89. The number of nitrogens with one attached hydrogen (secondary N) is 2. The van der Waals surface area contributed by atoms with Crippen LogP contribution in [0, 0.1) is 6.92 Å². The van der Waals surface area contributed by atoms with E-state index in [9.17, 15) is 4.79 Å². The van der Waals surface area contributed by atoms with Gasteiger partial charge < -0.3 is 15.0 Å². The Labute approximate surface area is 139 Å². The van der Waals surface area contributed by atoms with Crippen molar-refractivity contribution < 1.29 is 9.53 Å². The van der Waals surface area contributed by atoms with Crippen molar-refractivity contribution in [3.05, 3.63) is 64.3 Å². The van der Waals surface area contributed by atoms with Crippen LogP contribution in [0.25, 0.3) is 10.9 Å². The molecule has 118 valence electrons. The molecule has 0 atom stereocenters. The van der Waals surface area contributed by atoms with Gasteiger partial charge in [-0.2, -0.15) is 0 Å². The van der Waals surface area contributed by atoms with Crippen molar-refractivity contribution in [3.8, 4) is 5.75 Å². The van der Waals surface area contributed by atoms with E-state index in [1.54, 1.807) is 13.2 Å². The van der Waals surface area contributed by atoms with E-state index in [4.69, 9.17) is 16.3 Å². The molecule has 23 heavy (non-hydrogen) atoms. The van der Waals surface area contributed by atoms with Crippen molar-refractivity contribution in [1.82, 2.24) is 10.3 Å². The lowest BCUT2D eigenvalue weighted by Gasteiger charge is -2.09. The van der Waals surface area contributed by atoms with Gasteiger partial charge in [-0.1, -0.05) is 29.8 Å². The fourth-order valence-corrected chi connectivity index (χ4v) is 2.81. The minimum absolute atomic E-state index is 0.152. The molecule has 1 amide bonds. The van der Waals surface area contributed by atoms with Crippen LogP contribution in [-0.2, 0) is 6.54 Å². The summed E-state index contributed by atoms with van der Waals surface area (Å²) in [5.41, 5.74) is 3.27. The van der Waals surface area contributed by atoms with Crippen LogP contribution in [-0.4, -0.2) is 18.0 Å². The molecule has 1 aromatic heterocycles. The third-order valence-electron chi connectivity index (χ3n) is 3.88. The first kappa shape index (κ1) is 15.4. The van der Waals surface area contributed by atoms with E-state index in [2.05, 4.69) is 10.3 Å². The van der Waals surface area contributed by atoms with Crippen LogP contribution in [0.4, 0.5) is 0 Å². The molecule has 0 aliphatic rings. The highest BCUT2D eigenvalue weighted by atomic mass is 35.5. The molecule has 0 spiro atoms. The van der Waals surface area contributed by atoms with Gasteiger partial charge in [0.1, 0.15) is 11.4 Å². The Bertz CT molecular complexity index is 871. The van der Waals surface area contributed by atoms with Gasteiger partial charge in [0.15, 0.2) is 0 Å². The van der Waals surface area contributed by atoms with E-state index in [-0.39, 0.29) is 5.91 Å². The van der Waals surface area contributed by atoms with Gasteiger partial charge in [-0.25, -0.2) is 0 Å². The highest BCUT2D eigenvalue weighted by Gasteiger charge is 2.15. The number of hydrogen-bond acceptors (Lipinski definition) is 2. The Hall–Kier alpha value is -2.46. The first-order valence-electron chi connectivity index (χ1n) is 7.28. The zero-order valence-corrected chi connectivity index (χ0v) is 13.7. The van der Waals surface area contributed by atoms with Gasteiger partial charge in [0.05, 0.1) is 7.11 Å². The smallest absolute Gasteiger partial charge is 0.268 e. The number of halogens is 1. The van der Waals surface area contributed by atoms with Crippen molar-refractivity contribution in [2.45, 2.75) is 13.5 Å². The number of benzene rings is 2. The Balaban J connectivity index is 1.82. The highest BCUT2D eigenvalue weighted by Crippen LogP contribution is 2.25. The topological polar surface area (TPSA) is 54.1 Å². The number of aromatic amines is 1. The van der Waals surface area contributed by atoms with Crippen LogP contribution in [0.3, 0.4) is 0 Å². The highest BCUT2D eigenvalue weighted by molar-refractivity contribution is 6.31. The number of fused-ring (bicyclic) bond motifs is 1. The number of H-pyrrole nitrogens is 1. The Morgan fingerprint density at radius 3 is 2.83 bits per heavy atom. The molecule has 2 aromatic carbocycles. The summed E-state index contributed by atoms with van der Waals surface area (Å²) in [7, 11) is 1.62. The number of rotatable bonds is 4. The molecule has 3 aromatic rings. The first-order chi connectivity index (χ1) is 11.1. The number of ether oxygens (including phenoxy) is 1. The number of para-hydroxylation sites is 1. The van der Waals surface area contributed by atoms with E-state index >= 15 is 0 Å². The van der Waals surface area contributed by atoms with E-state index < -0.39 is 0 Å². The normalized spacial score (nSPS) is 10.7. The molecule has 1 heterocycles. The molecule has 0 aliphatic carbocycles. The average molecular weight is 329 g/mol. The fourth-order valence-electron chi connectivity index (χ4n) is 2.64. The molecular weight excluding hydrogens is 312 g/mol. The quantitative estimate of drug-likeness (QED) is 0.758. The van der Waals surface area contributed by atoms with Crippen LogP contribution in [0.15, 0.2) is 42.5 Å². The third-order valence-corrected chi connectivity index (χ3v) is 4.11. The van der Waals surface area contributed by atoms with Gasteiger partial charge in [0, 0.05) is 28.0 Å². The van der Waals surface area contributed by atoms with Crippen LogP contribution in [0.5, 0.6) is 5.75 Å². The van der Waals surface area contributed by atoms with Crippen LogP contribution >= 0.6 is 11.6 Å². The van der Waals surface area contributed by atoms with Crippen LogP contribution < -0.4 is 10.1 Å². The third kappa shape index (κ3) is 3.03. The van der Waals surface area contributed by atoms with Gasteiger partial charge in [0.2, 0.25) is 0 Å². The summed E-state index contributed by atoms with van der Waals surface area (Å²) in [6, 6.07) is 13.2. The zero-order chi connectivity index (χ0) is 16.4. The molecule has 4 nitrogen and oxygen atoms in total. The van der Waals surface area contributed by atoms with E-state index in [0.717, 1.165) is 27.8 Å². The second kappa shape index (κ2) is 6.34. The molecule has 0 fully saturated rings. The van der Waals surface area contributed by atoms with Gasteiger partial charge >= 0.3 is 0 Å². The molecule has 0 saturated carbocycles. The predicted octanol–water partition coefficient (Wildman–Crippen LogP) is 4.07. The van der Waals surface area contributed by atoms with Gasteiger partial charge in [0.25, 0.3) is 5.91 Å². The molecule has 2 N–H and O–H groups in total. The minimum Gasteiger partial charge on any atom is -0.496 e. The molecule has 3 rings (SSSR count). The summed E-state index contributed by atoms with van der Waals surface area (Å²) in [5.74, 6) is 0.605. The van der Waals surface area contributed by atoms with Crippen molar-refractivity contribution in [2.24, 2.45) is 0 Å². The van der Waals surface area contributed by atoms with Crippen LogP contribution in [0.1, 0.15) is 21.6 Å². The second-order valence-electron chi connectivity index (χ2n) is 5.31. The summed E-state index contributed by atoms with van der Waals surface area (Å²) >= 11 is 6.03. The summed E-state index contributed by atoms with van der Waals surface area (Å²) in [5, 5.41) is 4.53. The maximum Gasteiger partial charge on any atom is 0.268 e. The number of aryl methyl sites for hydroxylation is 1. The van der Waals surface area contributed by atoms with Crippen LogP contribution in [0.2, 0.25) is 5.02 Å². The fraction of sp³-hybridized carbons (Fsp3) is 0.167. The number of amides is 1. The molecular formula is C18H17ClN2O2. The lowest BCUT2D eigenvalue weighted by molar-refractivity contribution is 0.0946. The predicted molar refractivity (Wildman–Crippen MR) is 92.2 cm³/mol. The summed E-state index contributed by atoms with van der Waals surface area (Å²) in [4.78, 5) is 15.6. The molecule has 0 bridgehead atoms. The van der Waals surface area contributed by atoms with Crippen molar-refractivity contribution in [2.75, 3.05) is 7.11 Å². The monoisotopic (exact) mass is 328 g/mol. The second-order valence-corrected chi connectivity index (χ2v) is 5.75. The van der Waals surface area contributed by atoms with Gasteiger partial charge in [-0.05, 0) is 36.8 Å². The molecule has 0 aliphatic heterocycles. The maximum atomic E-state index is 12.5. The lowest BCUT2D eigenvalue weighted by Crippen LogP contribution is -2.24. The van der Waals surface area contributed by atoms with Gasteiger partial charge in [-0.3, -0.25) is 4.79 Å². The summed E-state index contributed by atoms with van der Waals surface area (Å²) in [6.07, 6.45) is 0. The molecule has 0 unspecified atom stereocenters. The lowest BCUT2D eigenvalue weighted by atomic mass is 10.1. The maximum absolute atomic E-state index is 12.5. The number of methoxy groups -OCH3 is 1. The summed E-state index contributed by atoms with van der Waals surface area (Å²) < 4.78 is 5.29. The zero-order valence-electron chi connectivity index (χ0n) is 12.9. The SMILES string of the molecule is COc1ccccc1CNC(=O)c1[nH]c2ccc(Cl)cc2c1C. The van der Waals surface area contributed by atoms with Crippen molar-refractivity contribution in [1.29, 1.82) is 0 Å². The number of hydrogen-bond donors (Lipinski definition) is 2. The standard InChI is InChI=1S/C18H17ClN2O2/c1-11-14-9-13(19)7-8-15(14)21-17(11)18(22)20-10-12-5-3-4-6-16(12)23-2/h3-9,21H,10H2,1-2H3,(H,20,22). The largest absolute Gasteiger partial charge is 0.496 e. The Morgan fingerprint density at radius 1 is 1.26 bits per heavy atom. The minimum atomic E-state index is -0.152. The van der Waals surface area contributed by atoms with E-state index in [0.29, 0.717) is 17.3 Å². The first-order valence-corrected chi connectivity index (χ1v) is 7.66. The van der Waals surface area contributed by atoms with Crippen molar-refractivity contribution >= 4 is 28.4 Å². The Morgan fingerprint density at radius 2 is 2.04 bits per heavy atom. The number of carbonyl (C=O) groups is 1. The van der Waals surface area contributed by atoms with Gasteiger partial charge in [-0.15, -0.1) is 0 Å². The number of carbonyl (C=O) groups excluding carboxylic acids is 1.